The van der Waals surface area contributed by atoms with Gasteiger partial charge < -0.3 is 5.11 Å². The van der Waals surface area contributed by atoms with Gasteiger partial charge in [-0.2, -0.15) is 5.26 Å². The van der Waals surface area contributed by atoms with Crippen molar-refractivity contribution in [2.75, 3.05) is 0 Å². The van der Waals surface area contributed by atoms with Crippen LogP contribution in [0.25, 0.3) is 0 Å². The molecule has 0 saturated heterocycles. The van der Waals surface area contributed by atoms with Crippen molar-refractivity contribution in [3.05, 3.63) is 57.8 Å². The number of nitrogens with zero attached hydrogens (tertiary/aromatic N) is 1. The van der Waals surface area contributed by atoms with Crippen LogP contribution in [0.1, 0.15) is 15.9 Å². The Bertz CT molecular complexity index is 728. The number of carboxylic acids is 1. The normalized spacial score (nSPS) is 10.1. The lowest BCUT2D eigenvalue weighted by atomic mass is 10.2. The summed E-state index contributed by atoms with van der Waals surface area (Å²) in [4.78, 5) is 12.0. The molecule has 0 radical (unpaired) electrons. The average Bonchev–Trinajstić information content (AvgIpc) is 2.42. The second-order valence-electron chi connectivity index (χ2n) is 3.81. The van der Waals surface area contributed by atoms with Crippen LogP contribution in [-0.2, 0) is 0 Å². The number of hydrogen-bond acceptors (Lipinski definition) is 3. The van der Waals surface area contributed by atoms with Crippen LogP contribution >= 0.6 is 27.7 Å². The van der Waals surface area contributed by atoms with Crippen molar-refractivity contribution in [1.82, 2.24) is 0 Å². The zero-order chi connectivity index (χ0) is 14.7. The fourth-order valence-electron chi connectivity index (χ4n) is 1.51. The number of rotatable bonds is 3. The molecule has 0 aliphatic rings. The van der Waals surface area contributed by atoms with Crippen molar-refractivity contribution in [3.63, 3.8) is 0 Å². The Kier molecular flexibility index (Phi) is 4.42. The van der Waals surface area contributed by atoms with Gasteiger partial charge >= 0.3 is 5.97 Å². The fourth-order valence-corrected chi connectivity index (χ4v) is 2.79. The highest BCUT2D eigenvalue weighted by Gasteiger charge is 2.11. The third-order valence-corrected chi connectivity index (χ3v) is 4.19. The zero-order valence-corrected chi connectivity index (χ0v) is 12.3. The topological polar surface area (TPSA) is 61.1 Å². The Morgan fingerprint density at radius 2 is 2.05 bits per heavy atom. The minimum Gasteiger partial charge on any atom is -0.478 e. The summed E-state index contributed by atoms with van der Waals surface area (Å²) in [5.41, 5.74) is 0.359. The van der Waals surface area contributed by atoms with Gasteiger partial charge in [-0.15, -0.1) is 0 Å². The Morgan fingerprint density at radius 3 is 2.65 bits per heavy atom. The third-order valence-electron chi connectivity index (χ3n) is 2.46. The summed E-state index contributed by atoms with van der Waals surface area (Å²) in [6.07, 6.45) is 0. The van der Waals surface area contributed by atoms with Gasteiger partial charge in [-0.05, 0) is 52.3 Å². The largest absolute Gasteiger partial charge is 0.478 e. The molecule has 0 atom stereocenters. The van der Waals surface area contributed by atoms with Crippen LogP contribution in [0.15, 0.2) is 50.7 Å². The van der Waals surface area contributed by atoms with E-state index >= 15 is 0 Å². The molecular weight excluding hydrogens is 345 g/mol. The van der Waals surface area contributed by atoms with Crippen LogP contribution in [0.2, 0.25) is 0 Å². The highest BCUT2D eigenvalue weighted by atomic mass is 79.9. The quantitative estimate of drug-likeness (QED) is 0.894. The number of halogens is 2. The van der Waals surface area contributed by atoms with Gasteiger partial charge in [-0.1, -0.05) is 11.8 Å². The van der Waals surface area contributed by atoms with Gasteiger partial charge in [0.15, 0.2) is 0 Å². The number of carboxylic acid groups (broad SMARTS) is 1. The van der Waals surface area contributed by atoms with Crippen molar-refractivity contribution in [3.8, 4) is 6.07 Å². The fraction of sp³-hybridized carbons (Fsp3) is 0. The first-order valence-electron chi connectivity index (χ1n) is 5.41. The van der Waals surface area contributed by atoms with E-state index in [1.165, 1.54) is 18.2 Å². The number of hydrogen-bond donors (Lipinski definition) is 1. The molecule has 0 saturated carbocycles. The number of carbonyl (C=O) groups is 1. The lowest BCUT2D eigenvalue weighted by Gasteiger charge is -2.06. The van der Waals surface area contributed by atoms with E-state index < -0.39 is 11.8 Å². The van der Waals surface area contributed by atoms with E-state index in [-0.39, 0.29) is 11.1 Å². The maximum absolute atomic E-state index is 13.8. The standard InChI is InChI=1S/C14H7BrFNO2S/c15-11-3-2-9(6-10(11)14(18)19)20-13-4-1-8(7-17)5-12(13)16/h1-6H,(H,18,19). The summed E-state index contributed by atoms with van der Waals surface area (Å²) in [5, 5.41) is 17.7. The number of aromatic carboxylic acids is 1. The summed E-state index contributed by atoms with van der Waals surface area (Å²) >= 11 is 4.25. The van der Waals surface area contributed by atoms with E-state index in [4.69, 9.17) is 10.4 Å². The van der Waals surface area contributed by atoms with Crippen LogP contribution in [0.4, 0.5) is 4.39 Å². The van der Waals surface area contributed by atoms with Gasteiger partial charge in [0.25, 0.3) is 0 Å². The monoisotopic (exact) mass is 351 g/mol. The summed E-state index contributed by atoms with van der Waals surface area (Å²) in [7, 11) is 0. The first kappa shape index (κ1) is 14.6. The van der Waals surface area contributed by atoms with E-state index in [0.29, 0.717) is 14.3 Å². The Morgan fingerprint density at radius 1 is 1.30 bits per heavy atom. The Balaban J connectivity index is 2.33. The zero-order valence-electron chi connectivity index (χ0n) is 9.93. The molecule has 0 unspecified atom stereocenters. The summed E-state index contributed by atoms with van der Waals surface area (Å²) in [6.45, 7) is 0. The molecule has 2 aromatic carbocycles. The van der Waals surface area contributed by atoms with Crippen molar-refractivity contribution in [1.29, 1.82) is 5.26 Å². The summed E-state index contributed by atoms with van der Waals surface area (Å²) in [5.74, 6) is -1.56. The van der Waals surface area contributed by atoms with E-state index in [1.807, 2.05) is 6.07 Å². The predicted molar refractivity (Wildman–Crippen MR) is 76.3 cm³/mol. The lowest BCUT2D eigenvalue weighted by Crippen LogP contribution is -1.97. The van der Waals surface area contributed by atoms with Crippen LogP contribution in [0, 0.1) is 17.1 Å². The highest BCUT2D eigenvalue weighted by molar-refractivity contribution is 9.10. The molecule has 20 heavy (non-hydrogen) atoms. The molecule has 6 heteroatoms. The van der Waals surface area contributed by atoms with Crippen molar-refractivity contribution in [2.45, 2.75) is 9.79 Å². The smallest absolute Gasteiger partial charge is 0.336 e. The molecule has 3 nitrogen and oxygen atoms in total. The Hall–Kier alpha value is -1.84. The minimum absolute atomic E-state index is 0.115. The second-order valence-corrected chi connectivity index (χ2v) is 5.78. The van der Waals surface area contributed by atoms with E-state index in [9.17, 15) is 9.18 Å². The number of nitriles is 1. The van der Waals surface area contributed by atoms with E-state index in [0.717, 1.165) is 17.8 Å². The lowest BCUT2D eigenvalue weighted by molar-refractivity contribution is 0.0695. The summed E-state index contributed by atoms with van der Waals surface area (Å²) < 4.78 is 14.2. The van der Waals surface area contributed by atoms with Gasteiger partial charge in [0, 0.05) is 14.3 Å². The first-order valence-corrected chi connectivity index (χ1v) is 7.02. The van der Waals surface area contributed by atoms with Gasteiger partial charge in [-0.25, -0.2) is 9.18 Å². The molecule has 0 aliphatic carbocycles. The van der Waals surface area contributed by atoms with Gasteiger partial charge in [0.05, 0.1) is 17.2 Å². The minimum atomic E-state index is -1.06. The molecule has 0 aromatic heterocycles. The molecule has 2 rings (SSSR count). The Labute approximate surface area is 127 Å². The van der Waals surface area contributed by atoms with Crippen LogP contribution in [-0.4, -0.2) is 11.1 Å². The third kappa shape index (κ3) is 3.18. The molecule has 0 spiro atoms. The second kappa shape index (κ2) is 6.07. The molecule has 0 heterocycles. The maximum Gasteiger partial charge on any atom is 0.336 e. The van der Waals surface area contributed by atoms with Crippen LogP contribution in [0.5, 0.6) is 0 Å². The SMILES string of the molecule is N#Cc1ccc(Sc2ccc(Br)c(C(=O)O)c2)c(F)c1. The number of benzene rings is 2. The molecule has 0 aliphatic heterocycles. The molecule has 1 N–H and O–H groups in total. The van der Waals surface area contributed by atoms with E-state index in [1.54, 1.807) is 12.1 Å². The molecule has 0 amide bonds. The molecule has 2 aromatic rings. The first-order chi connectivity index (χ1) is 9.51. The van der Waals surface area contributed by atoms with Gasteiger partial charge in [-0.3, -0.25) is 0 Å². The van der Waals surface area contributed by atoms with Crippen molar-refractivity contribution >= 4 is 33.7 Å². The highest BCUT2D eigenvalue weighted by Crippen LogP contribution is 2.32. The average molecular weight is 352 g/mol. The van der Waals surface area contributed by atoms with Crippen LogP contribution < -0.4 is 0 Å². The molecular formula is C14H7BrFNO2S. The van der Waals surface area contributed by atoms with E-state index in [2.05, 4.69) is 15.9 Å². The summed E-state index contributed by atoms with van der Waals surface area (Å²) in [6, 6.07) is 10.8. The van der Waals surface area contributed by atoms with Gasteiger partial charge in [0.2, 0.25) is 0 Å². The van der Waals surface area contributed by atoms with Gasteiger partial charge in [0.1, 0.15) is 5.82 Å². The maximum atomic E-state index is 13.8. The van der Waals surface area contributed by atoms with Crippen molar-refractivity contribution < 1.29 is 14.3 Å². The predicted octanol–water partition coefficient (Wildman–Crippen LogP) is 4.31. The molecule has 0 bridgehead atoms. The van der Waals surface area contributed by atoms with Crippen molar-refractivity contribution in [2.24, 2.45) is 0 Å². The van der Waals surface area contributed by atoms with Crippen LogP contribution in [0.3, 0.4) is 0 Å². The molecule has 0 fully saturated rings. The molecule has 100 valence electrons.